The van der Waals surface area contributed by atoms with E-state index in [1.54, 1.807) is 6.07 Å². The zero-order valence-corrected chi connectivity index (χ0v) is 24.5. The van der Waals surface area contributed by atoms with E-state index in [1.165, 1.54) is 31.4 Å². The van der Waals surface area contributed by atoms with Crippen molar-refractivity contribution in [1.29, 1.82) is 0 Å². The van der Waals surface area contributed by atoms with Gasteiger partial charge >= 0.3 is 0 Å². The number of sulfone groups is 1. The number of morpholine rings is 1. The van der Waals surface area contributed by atoms with Gasteiger partial charge in [-0.25, -0.2) is 31.6 Å². The average molecular weight is 621 g/mol. The van der Waals surface area contributed by atoms with Crippen LogP contribution in [0.25, 0.3) is 0 Å². The highest BCUT2D eigenvalue weighted by atomic mass is 32.2. The van der Waals surface area contributed by atoms with Gasteiger partial charge in [-0.15, -0.1) is 0 Å². The molecule has 1 atom stereocenters. The summed E-state index contributed by atoms with van der Waals surface area (Å²) >= 11 is 0.887. The van der Waals surface area contributed by atoms with Crippen LogP contribution < -0.4 is 15.0 Å². The maximum Gasteiger partial charge on any atom is 0.204 e. The topological polar surface area (TPSA) is 122 Å². The number of aromatic amines is 1. The second-order valence-corrected chi connectivity index (χ2v) is 12.6. The SMILES string of the molecule is COc1c(Nc2cc(C)[nH]n2)nc(Sc2ccc(S(=O)(=O)Cc3cccc(F)c3F)cc2F)nc1N1CCOCC1C. The zero-order chi connectivity index (χ0) is 30.0. The quantitative estimate of drug-likeness (QED) is 0.247. The number of hydrogen-bond donors (Lipinski definition) is 2. The molecule has 0 radical (unpaired) electrons. The largest absolute Gasteiger partial charge is 0.490 e. The second kappa shape index (κ2) is 12.2. The fourth-order valence-corrected chi connectivity index (χ4v) is 6.50. The van der Waals surface area contributed by atoms with Crippen LogP contribution >= 0.6 is 11.8 Å². The Balaban J connectivity index is 1.48. The van der Waals surface area contributed by atoms with Gasteiger partial charge in [-0.2, -0.15) is 5.10 Å². The van der Waals surface area contributed by atoms with Crippen LogP contribution in [0.15, 0.2) is 57.4 Å². The third kappa shape index (κ3) is 6.32. The molecule has 0 amide bonds. The summed E-state index contributed by atoms with van der Waals surface area (Å²) in [5.74, 6) is -2.49. The van der Waals surface area contributed by atoms with E-state index in [0.717, 1.165) is 29.6 Å². The Morgan fingerprint density at radius 2 is 1.98 bits per heavy atom. The summed E-state index contributed by atoms with van der Waals surface area (Å²) < 4.78 is 80.0. The Morgan fingerprint density at radius 3 is 2.67 bits per heavy atom. The molecule has 42 heavy (non-hydrogen) atoms. The van der Waals surface area contributed by atoms with Gasteiger partial charge in [0.25, 0.3) is 0 Å². The number of aromatic nitrogens is 4. The van der Waals surface area contributed by atoms with Crippen LogP contribution in [0.2, 0.25) is 0 Å². The van der Waals surface area contributed by atoms with Crippen molar-refractivity contribution in [3.05, 3.63) is 71.2 Å². The summed E-state index contributed by atoms with van der Waals surface area (Å²) in [5.41, 5.74) is 0.469. The number of rotatable bonds is 9. The fraction of sp³-hybridized carbons (Fsp3) is 0.296. The van der Waals surface area contributed by atoms with Gasteiger partial charge in [-0.05, 0) is 49.9 Å². The van der Waals surface area contributed by atoms with E-state index in [2.05, 4.69) is 25.5 Å². The molecule has 15 heteroatoms. The summed E-state index contributed by atoms with van der Waals surface area (Å²) in [6.45, 7) is 5.31. The number of methoxy groups -OCH3 is 1. The number of nitrogens with one attached hydrogen (secondary N) is 2. The molecule has 222 valence electrons. The predicted octanol–water partition coefficient (Wildman–Crippen LogP) is 5.03. The molecule has 2 aromatic heterocycles. The Hall–Kier alpha value is -3.82. The number of aryl methyl sites for hydroxylation is 1. The van der Waals surface area contributed by atoms with Gasteiger partial charge in [0.05, 0.1) is 41.9 Å². The molecule has 1 saturated heterocycles. The minimum Gasteiger partial charge on any atom is -0.490 e. The molecule has 0 bridgehead atoms. The smallest absolute Gasteiger partial charge is 0.204 e. The molecule has 5 rings (SSSR count). The van der Waals surface area contributed by atoms with Gasteiger partial charge in [0.2, 0.25) is 5.75 Å². The zero-order valence-electron chi connectivity index (χ0n) is 22.8. The van der Waals surface area contributed by atoms with Gasteiger partial charge in [0.15, 0.2) is 44.1 Å². The molecule has 1 fully saturated rings. The highest BCUT2D eigenvalue weighted by Gasteiger charge is 2.28. The molecule has 3 heterocycles. The molecule has 0 saturated carbocycles. The van der Waals surface area contributed by atoms with Crippen molar-refractivity contribution in [3.63, 3.8) is 0 Å². The number of H-pyrrole nitrogens is 1. The lowest BCUT2D eigenvalue weighted by Gasteiger charge is -2.35. The second-order valence-electron chi connectivity index (χ2n) is 9.56. The summed E-state index contributed by atoms with van der Waals surface area (Å²) in [6, 6.07) is 8.34. The van der Waals surface area contributed by atoms with E-state index in [-0.39, 0.29) is 26.6 Å². The van der Waals surface area contributed by atoms with Gasteiger partial charge < -0.3 is 19.7 Å². The minimum absolute atomic E-state index is 0.0370. The van der Waals surface area contributed by atoms with Gasteiger partial charge in [-0.1, -0.05) is 12.1 Å². The summed E-state index contributed by atoms with van der Waals surface area (Å²) in [6.07, 6.45) is 0. The van der Waals surface area contributed by atoms with E-state index >= 15 is 4.39 Å². The Morgan fingerprint density at radius 1 is 1.17 bits per heavy atom. The first-order chi connectivity index (χ1) is 20.1. The lowest BCUT2D eigenvalue weighted by Crippen LogP contribution is -2.44. The van der Waals surface area contributed by atoms with Gasteiger partial charge in [-0.3, -0.25) is 5.10 Å². The van der Waals surface area contributed by atoms with Crippen molar-refractivity contribution in [3.8, 4) is 5.75 Å². The van der Waals surface area contributed by atoms with Crippen molar-refractivity contribution in [2.75, 3.05) is 37.1 Å². The van der Waals surface area contributed by atoms with Crippen molar-refractivity contribution in [2.45, 2.75) is 40.6 Å². The molecular formula is C27H27F3N6O4S2. The number of ether oxygens (including phenoxy) is 2. The van der Waals surface area contributed by atoms with E-state index < -0.39 is 33.0 Å². The van der Waals surface area contributed by atoms with E-state index in [4.69, 9.17) is 9.47 Å². The highest BCUT2D eigenvalue weighted by Crippen LogP contribution is 2.40. The van der Waals surface area contributed by atoms with Crippen molar-refractivity contribution in [2.24, 2.45) is 0 Å². The standard InChI is InChI=1S/C27H27F3N6O4S2/c1-15-11-22(35-34-15)31-25-24(39-3)26(36-9-10-40-13-16(36)2)33-27(32-25)41-21-8-7-18(12-20(21)29)42(37,38)14-17-5-4-6-19(28)23(17)30/h4-8,11-12,16H,9-10,13-14H2,1-3H3,(H2,31,32,33,34,35). The summed E-state index contributed by atoms with van der Waals surface area (Å²) in [5, 5.41) is 10.3. The molecule has 10 nitrogen and oxygen atoms in total. The van der Waals surface area contributed by atoms with Crippen LogP contribution in [-0.2, 0) is 20.3 Å². The Labute approximate surface area is 244 Å². The molecule has 2 N–H and O–H groups in total. The van der Waals surface area contributed by atoms with E-state index in [9.17, 15) is 17.2 Å². The highest BCUT2D eigenvalue weighted by molar-refractivity contribution is 7.99. The normalized spacial score (nSPS) is 15.6. The molecule has 1 aliphatic rings. The van der Waals surface area contributed by atoms with Crippen LogP contribution in [0.4, 0.5) is 30.6 Å². The predicted molar refractivity (Wildman–Crippen MR) is 151 cm³/mol. The average Bonchev–Trinajstić information content (AvgIpc) is 3.36. The first-order valence-electron chi connectivity index (χ1n) is 12.8. The molecule has 1 unspecified atom stereocenters. The first-order valence-corrected chi connectivity index (χ1v) is 15.2. The number of hydrogen-bond acceptors (Lipinski definition) is 10. The molecule has 0 spiro atoms. The third-order valence-corrected chi connectivity index (χ3v) is 9.04. The van der Waals surface area contributed by atoms with Crippen molar-refractivity contribution in [1.82, 2.24) is 20.2 Å². The number of nitrogens with zero attached hydrogens (tertiary/aromatic N) is 4. The molecule has 1 aliphatic heterocycles. The lowest BCUT2D eigenvalue weighted by molar-refractivity contribution is 0.0981. The summed E-state index contributed by atoms with van der Waals surface area (Å²) in [7, 11) is -2.69. The van der Waals surface area contributed by atoms with Crippen LogP contribution in [0.1, 0.15) is 18.2 Å². The van der Waals surface area contributed by atoms with Crippen molar-refractivity contribution < 1.29 is 31.1 Å². The van der Waals surface area contributed by atoms with Crippen LogP contribution in [0, 0.1) is 24.4 Å². The Bertz CT molecular complexity index is 1720. The van der Waals surface area contributed by atoms with Gasteiger partial charge in [0.1, 0.15) is 5.82 Å². The molecular weight excluding hydrogens is 593 g/mol. The maximum atomic E-state index is 15.3. The molecule has 0 aliphatic carbocycles. The summed E-state index contributed by atoms with van der Waals surface area (Å²) in [4.78, 5) is 10.9. The van der Waals surface area contributed by atoms with Gasteiger partial charge in [0, 0.05) is 23.9 Å². The first kappa shape index (κ1) is 29.7. The number of anilines is 3. The number of halogens is 3. The fourth-order valence-electron chi connectivity index (χ4n) is 4.38. The van der Waals surface area contributed by atoms with Crippen molar-refractivity contribution >= 4 is 39.1 Å². The third-order valence-electron chi connectivity index (χ3n) is 6.46. The van der Waals surface area contributed by atoms with Crippen LogP contribution in [-0.4, -0.2) is 61.5 Å². The lowest BCUT2D eigenvalue weighted by atomic mass is 10.2. The molecule has 4 aromatic rings. The van der Waals surface area contributed by atoms with Crippen LogP contribution in [0.3, 0.4) is 0 Å². The van der Waals surface area contributed by atoms with E-state index in [1.807, 2.05) is 18.7 Å². The monoisotopic (exact) mass is 620 g/mol. The maximum absolute atomic E-state index is 15.3. The molecule has 2 aromatic carbocycles. The van der Waals surface area contributed by atoms with Crippen LogP contribution in [0.5, 0.6) is 5.75 Å². The van der Waals surface area contributed by atoms with E-state index in [0.29, 0.717) is 43.0 Å². The number of benzene rings is 2. The Kier molecular flexibility index (Phi) is 8.61. The minimum atomic E-state index is -4.18.